The summed E-state index contributed by atoms with van der Waals surface area (Å²) >= 11 is 0. The number of primary amides is 1. The molecule has 0 radical (unpaired) electrons. The number of imide groups is 1. The van der Waals surface area contributed by atoms with E-state index in [1.165, 1.54) is 0 Å². The molecule has 0 bridgehead atoms. The highest BCUT2D eigenvalue weighted by Gasteiger charge is 2.34. The lowest BCUT2D eigenvalue weighted by molar-refractivity contribution is -0.108. The molecule has 1 heterocycles. The van der Waals surface area contributed by atoms with Crippen LogP contribution in [0.2, 0.25) is 0 Å². The number of amides is 3. The molecular formula is C29H31FN4O3. The van der Waals surface area contributed by atoms with Gasteiger partial charge in [0.1, 0.15) is 5.82 Å². The first-order chi connectivity index (χ1) is 17.7. The highest BCUT2D eigenvalue weighted by atomic mass is 19.1. The number of hydrogen-bond acceptors (Lipinski definition) is 5. The van der Waals surface area contributed by atoms with Crippen LogP contribution < -0.4 is 16.0 Å². The number of aliphatic hydroxyl groups excluding tert-OH is 1. The number of carbonyl (C=O) groups excluding carboxylic acids is 2. The van der Waals surface area contributed by atoms with Crippen molar-refractivity contribution in [1.82, 2.24) is 10.2 Å². The van der Waals surface area contributed by atoms with Crippen molar-refractivity contribution in [3.63, 3.8) is 0 Å². The second-order valence-corrected chi connectivity index (χ2v) is 9.01. The number of β-amino-alcohol motifs (C(OH)–C–C–N with tert-alkyl or cyclic N) is 1. The fourth-order valence-corrected chi connectivity index (χ4v) is 4.45. The lowest BCUT2D eigenvalue weighted by Crippen LogP contribution is -2.27. The minimum atomic E-state index is -0.829. The molecule has 0 aliphatic carbocycles. The lowest BCUT2D eigenvalue weighted by Gasteiger charge is -2.27. The molecule has 0 saturated carbocycles. The third-order valence-corrected chi connectivity index (χ3v) is 6.02. The number of anilines is 1. The largest absolute Gasteiger partial charge is 0.391 e. The Balaban J connectivity index is 0.000000568. The summed E-state index contributed by atoms with van der Waals surface area (Å²) in [6.07, 6.45) is 5.67. The summed E-state index contributed by atoms with van der Waals surface area (Å²) in [5.41, 5.74) is 9.81. The van der Waals surface area contributed by atoms with Crippen LogP contribution in [0, 0.1) is 18.2 Å². The zero-order valence-corrected chi connectivity index (χ0v) is 20.9. The van der Waals surface area contributed by atoms with Gasteiger partial charge in [-0.2, -0.15) is 0 Å². The maximum absolute atomic E-state index is 15.4. The third-order valence-electron chi connectivity index (χ3n) is 6.02. The predicted octanol–water partition coefficient (Wildman–Crippen LogP) is 3.66. The van der Waals surface area contributed by atoms with E-state index in [9.17, 15) is 14.7 Å². The number of nitrogens with two attached hydrogens (primary N) is 1. The van der Waals surface area contributed by atoms with Crippen LogP contribution in [-0.4, -0.2) is 49.2 Å². The van der Waals surface area contributed by atoms with Crippen molar-refractivity contribution in [2.24, 2.45) is 5.73 Å². The maximum Gasteiger partial charge on any atom is 0.318 e. The van der Waals surface area contributed by atoms with Gasteiger partial charge in [-0.15, -0.1) is 6.42 Å². The Kier molecular flexibility index (Phi) is 9.39. The number of benzene rings is 3. The number of hydrogen-bond donors (Lipinski definition) is 3. The SMILES string of the molecule is C#Cc1ccc(N2C[C@H](O)C[C@@H]2c2ccc(-c3ccccc3CN(C)C)cc2F)cc1.NC(=O)NC=O. The van der Waals surface area contributed by atoms with Crippen LogP contribution in [0.5, 0.6) is 0 Å². The molecule has 0 aromatic heterocycles. The minimum absolute atomic E-state index is 0.224. The topological polar surface area (TPSA) is 98.9 Å². The second-order valence-electron chi connectivity index (χ2n) is 9.01. The van der Waals surface area contributed by atoms with Gasteiger partial charge >= 0.3 is 6.03 Å². The maximum atomic E-state index is 15.4. The Hall–Kier alpha value is -4.19. The lowest BCUT2D eigenvalue weighted by atomic mass is 9.95. The van der Waals surface area contributed by atoms with E-state index in [1.54, 1.807) is 11.4 Å². The Morgan fingerprint density at radius 1 is 1.22 bits per heavy atom. The summed E-state index contributed by atoms with van der Waals surface area (Å²) in [7, 11) is 4.05. The van der Waals surface area contributed by atoms with Crippen molar-refractivity contribution < 1.29 is 19.1 Å². The number of carbonyl (C=O) groups is 2. The molecule has 8 heteroatoms. The van der Waals surface area contributed by atoms with Crippen molar-refractivity contribution >= 4 is 18.1 Å². The van der Waals surface area contributed by atoms with Gasteiger partial charge in [-0.1, -0.05) is 42.3 Å². The third kappa shape index (κ3) is 7.17. The first kappa shape index (κ1) is 27.4. The standard InChI is InChI=1S/C27H27FN2O.C2H4N2O2/c1-4-19-9-12-22(13-10-19)30-18-23(31)16-27(30)25-14-11-20(15-26(25)28)24-8-6-5-7-21(24)17-29(2)3;3-2(6)4-1-5/h1,5-15,23,27,31H,16-18H2,2-3H3;1H,(H3,3,4,5,6)/t23-,27-;/m1./s1. The molecule has 192 valence electrons. The molecule has 0 unspecified atom stereocenters. The van der Waals surface area contributed by atoms with Crippen LogP contribution in [0.4, 0.5) is 14.9 Å². The summed E-state index contributed by atoms with van der Waals surface area (Å²) in [5, 5.41) is 12.0. The van der Waals surface area contributed by atoms with Crippen molar-refractivity contribution in [2.75, 3.05) is 25.5 Å². The molecule has 3 aromatic carbocycles. The van der Waals surface area contributed by atoms with Crippen molar-refractivity contribution in [2.45, 2.75) is 25.1 Å². The Labute approximate surface area is 216 Å². The quantitative estimate of drug-likeness (QED) is 0.353. The van der Waals surface area contributed by atoms with Crippen LogP contribution in [0.1, 0.15) is 29.2 Å². The van der Waals surface area contributed by atoms with E-state index in [-0.39, 0.29) is 18.3 Å². The summed E-state index contributed by atoms with van der Waals surface area (Å²) in [6, 6.07) is 20.1. The summed E-state index contributed by atoms with van der Waals surface area (Å²) in [6.45, 7) is 1.25. The van der Waals surface area contributed by atoms with Gasteiger partial charge in [-0.25, -0.2) is 9.18 Å². The van der Waals surface area contributed by atoms with Gasteiger partial charge in [0.05, 0.1) is 12.1 Å². The number of urea groups is 1. The van der Waals surface area contributed by atoms with Gasteiger partial charge in [0.2, 0.25) is 6.41 Å². The van der Waals surface area contributed by atoms with Gasteiger partial charge in [-0.3, -0.25) is 10.1 Å². The second kappa shape index (κ2) is 12.7. The normalized spacial score (nSPS) is 16.5. The Morgan fingerprint density at radius 3 is 2.49 bits per heavy atom. The molecule has 1 fully saturated rings. The number of aliphatic hydroxyl groups is 1. The van der Waals surface area contributed by atoms with Gasteiger partial charge in [0, 0.05) is 29.9 Å². The molecule has 1 aliphatic rings. The average molecular weight is 503 g/mol. The highest BCUT2D eigenvalue weighted by Crippen LogP contribution is 2.38. The van der Waals surface area contributed by atoms with E-state index >= 15 is 4.39 Å². The van der Waals surface area contributed by atoms with E-state index in [2.05, 4.69) is 27.5 Å². The van der Waals surface area contributed by atoms with Crippen LogP contribution in [0.3, 0.4) is 0 Å². The molecule has 2 atom stereocenters. The Bertz CT molecular complexity index is 1270. The van der Waals surface area contributed by atoms with Crippen molar-refractivity contribution in [3.8, 4) is 23.5 Å². The Morgan fingerprint density at radius 2 is 1.92 bits per heavy atom. The number of nitrogens with zero attached hydrogens (tertiary/aromatic N) is 2. The van der Waals surface area contributed by atoms with Crippen LogP contribution in [0.15, 0.2) is 66.7 Å². The fourth-order valence-electron chi connectivity index (χ4n) is 4.45. The van der Waals surface area contributed by atoms with Gasteiger partial charge < -0.3 is 20.6 Å². The van der Waals surface area contributed by atoms with Gasteiger partial charge in [-0.05, 0) is 67.5 Å². The van der Waals surface area contributed by atoms with Gasteiger partial charge in [0.15, 0.2) is 0 Å². The molecule has 0 spiro atoms. The van der Waals surface area contributed by atoms with Crippen LogP contribution >= 0.6 is 0 Å². The monoisotopic (exact) mass is 502 g/mol. The summed E-state index contributed by atoms with van der Waals surface area (Å²) in [4.78, 5) is 22.8. The molecule has 3 amide bonds. The van der Waals surface area contributed by atoms with Gasteiger partial charge in [0.25, 0.3) is 0 Å². The number of terminal acetylenes is 1. The molecule has 37 heavy (non-hydrogen) atoms. The van der Waals surface area contributed by atoms with Crippen LogP contribution in [-0.2, 0) is 11.3 Å². The molecular weight excluding hydrogens is 471 g/mol. The highest BCUT2D eigenvalue weighted by molar-refractivity contribution is 5.82. The zero-order chi connectivity index (χ0) is 26.9. The molecule has 3 aromatic rings. The molecule has 4 N–H and O–H groups in total. The number of rotatable bonds is 6. The molecule has 7 nitrogen and oxygen atoms in total. The van der Waals surface area contributed by atoms with E-state index < -0.39 is 12.1 Å². The molecule has 1 aliphatic heterocycles. The fraction of sp³-hybridized carbons (Fsp3) is 0.241. The van der Waals surface area contributed by atoms with E-state index in [0.29, 0.717) is 18.5 Å². The zero-order valence-electron chi connectivity index (χ0n) is 20.9. The molecule has 1 saturated heterocycles. The predicted molar refractivity (Wildman–Crippen MR) is 143 cm³/mol. The van der Waals surface area contributed by atoms with Crippen LogP contribution in [0.25, 0.3) is 11.1 Å². The minimum Gasteiger partial charge on any atom is -0.391 e. The average Bonchev–Trinajstić information content (AvgIpc) is 3.25. The van der Waals surface area contributed by atoms with E-state index in [1.807, 2.05) is 68.7 Å². The van der Waals surface area contributed by atoms with E-state index in [0.717, 1.165) is 34.5 Å². The summed E-state index contributed by atoms with van der Waals surface area (Å²) < 4.78 is 15.4. The van der Waals surface area contributed by atoms with E-state index in [4.69, 9.17) is 6.42 Å². The number of nitrogens with one attached hydrogen (secondary N) is 1. The first-order valence-electron chi connectivity index (χ1n) is 11.8. The summed E-state index contributed by atoms with van der Waals surface area (Å²) in [5.74, 6) is 2.36. The van der Waals surface area contributed by atoms with Crippen molar-refractivity contribution in [1.29, 1.82) is 0 Å². The molecule has 4 rings (SSSR count). The smallest absolute Gasteiger partial charge is 0.318 e. The number of halogens is 1. The van der Waals surface area contributed by atoms with Crippen molar-refractivity contribution in [3.05, 3.63) is 89.2 Å². The first-order valence-corrected chi connectivity index (χ1v) is 11.8.